The third-order valence-electron chi connectivity index (χ3n) is 4.06. The molecular weight excluding hydrogens is 332 g/mol. The molecule has 0 radical (unpaired) electrons. The van der Waals surface area contributed by atoms with Gasteiger partial charge in [-0.1, -0.05) is 35.5 Å². The first-order valence-corrected chi connectivity index (χ1v) is 8.70. The third-order valence-corrected chi connectivity index (χ3v) is 4.06. The van der Waals surface area contributed by atoms with Crippen molar-refractivity contribution in [3.8, 4) is 0 Å². The highest BCUT2D eigenvalue weighted by atomic mass is 16.5. The Hall–Kier alpha value is -2.96. The predicted octanol–water partition coefficient (Wildman–Crippen LogP) is 3.54. The maximum absolute atomic E-state index is 12.0. The van der Waals surface area contributed by atoms with Crippen LogP contribution < -0.4 is 5.32 Å². The fraction of sp³-hybridized carbons (Fsp3) is 0.368. The number of nitrogens with zero attached hydrogens (tertiary/aromatic N) is 3. The van der Waals surface area contributed by atoms with E-state index in [1.165, 1.54) is 5.56 Å². The molecule has 0 aliphatic carbocycles. The molecule has 1 atom stereocenters. The predicted molar refractivity (Wildman–Crippen MR) is 98.1 cm³/mol. The normalized spacial score (nSPS) is 12.1. The molecule has 0 bridgehead atoms. The number of hydrogen-bond donors (Lipinski definition) is 1. The summed E-state index contributed by atoms with van der Waals surface area (Å²) in [5, 5.41) is 7.98. The van der Waals surface area contributed by atoms with Gasteiger partial charge in [0.05, 0.1) is 12.3 Å². The van der Waals surface area contributed by atoms with Crippen LogP contribution in [-0.2, 0) is 11.2 Å². The quantitative estimate of drug-likeness (QED) is 0.649. The van der Waals surface area contributed by atoms with Gasteiger partial charge in [0.2, 0.25) is 5.82 Å². The molecule has 0 spiro atoms. The molecule has 0 fully saturated rings. The third kappa shape index (κ3) is 3.99. The van der Waals surface area contributed by atoms with Gasteiger partial charge in [0.1, 0.15) is 11.2 Å². The summed E-state index contributed by atoms with van der Waals surface area (Å²) in [6.07, 6.45) is 1.85. The molecule has 0 aliphatic heterocycles. The number of aryl methyl sites for hydroxylation is 2. The Morgan fingerprint density at radius 1 is 1.27 bits per heavy atom. The van der Waals surface area contributed by atoms with Gasteiger partial charge < -0.3 is 14.6 Å². The highest BCUT2D eigenvalue weighted by Crippen LogP contribution is 2.25. The van der Waals surface area contributed by atoms with Gasteiger partial charge in [-0.2, -0.15) is 4.98 Å². The first-order valence-electron chi connectivity index (χ1n) is 8.70. The molecule has 7 nitrogen and oxygen atoms in total. The summed E-state index contributed by atoms with van der Waals surface area (Å²) in [5.41, 5.74) is 2.23. The van der Waals surface area contributed by atoms with Gasteiger partial charge in [0, 0.05) is 6.04 Å². The van der Waals surface area contributed by atoms with Crippen molar-refractivity contribution in [1.82, 2.24) is 15.1 Å². The maximum Gasteiger partial charge on any atom is 0.376 e. The fourth-order valence-electron chi connectivity index (χ4n) is 2.71. The van der Waals surface area contributed by atoms with E-state index in [9.17, 15) is 4.79 Å². The van der Waals surface area contributed by atoms with Crippen LogP contribution in [0.1, 0.15) is 42.1 Å². The minimum absolute atomic E-state index is 0.0340. The van der Waals surface area contributed by atoms with Crippen molar-refractivity contribution in [3.05, 3.63) is 47.4 Å². The van der Waals surface area contributed by atoms with Gasteiger partial charge in [-0.05, 0) is 39.2 Å². The molecule has 3 rings (SSSR count). The second-order valence-electron chi connectivity index (χ2n) is 6.13. The van der Waals surface area contributed by atoms with Gasteiger partial charge in [-0.25, -0.2) is 9.78 Å². The van der Waals surface area contributed by atoms with Gasteiger partial charge in [0.15, 0.2) is 0 Å². The van der Waals surface area contributed by atoms with Crippen molar-refractivity contribution in [2.75, 3.05) is 11.9 Å². The molecular formula is C19H22N4O3. The van der Waals surface area contributed by atoms with Crippen LogP contribution in [0.5, 0.6) is 0 Å². The van der Waals surface area contributed by atoms with Crippen LogP contribution in [-0.4, -0.2) is 33.7 Å². The smallest absolute Gasteiger partial charge is 0.376 e. The summed E-state index contributed by atoms with van der Waals surface area (Å²) in [7, 11) is 0. The summed E-state index contributed by atoms with van der Waals surface area (Å²) in [6, 6.07) is 10.4. The van der Waals surface area contributed by atoms with Crippen molar-refractivity contribution in [1.29, 1.82) is 0 Å². The van der Waals surface area contributed by atoms with E-state index in [0.717, 1.165) is 12.8 Å². The molecule has 0 aliphatic rings. The number of ether oxygens (including phenoxy) is 1. The lowest BCUT2D eigenvalue weighted by molar-refractivity contribution is 0.0512. The van der Waals surface area contributed by atoms with Crippen LogP contribution in [0.4, 0.5) is 5.82 Å². The van der Waals surface area contributed by atoms with Crippen LogP contribution in [0.25, 0.3) is 11.1 Å². The average Bonchev–Trinajstić information content (AvgIpc) is 3.02. The number of anilines is 1. The Labute approximate surface area is 151 Å². The van der Waals surface area contributed by atoms with Gasteiger partial charge in [-0.3, -0.25) is 0 Å². The van der Waals surface area contributed by atoms with Crippen LogP contribution in [0.2, 0.25) is 0 Å². The van der Waals surface area contributed by atoms with E-state index >= 15 is 0 Å². The number of hydrogen-bond acceptors (Lipinski definition) is 7. The minimum Gasteiger partial charge on any atom is -0.460 e. The second-order valence-corrected chi connectivity index (χ2v) is 6.13. The molecule has 1 aromatic carbocycles. The summed E-state index contributed by atoms with van der Waals surface area (Å²) in [5.74, 6) is -0.0749. The Morgan fingerprint density at radius 3 is 2.77 bits per heavy atom. The molecule has 0 saturated carbocycles. The van der Waals surface area contributed by atoms with Crippen LogP contribution in [0, 0.1) is 6.92 Å². The summed E-state index contributed by atoms with van der Waals surface area (Å²) in [4.78, 5) is 20.5. The molecule has 26 heavy (non-hydrogen) atoms. The van der Waals surface area contributed by atoms with Gasteiger partial charge in [0.25, 0.3) is 5.71 Å². The number of benzene rings is 1. The van der Waals surface area contributed by atoms with E-state index in [1.54, 1.807) is 6.92 Å². The number of nitrogens with one attached hydrogen (secondary N) is 1. The zero-order valence-corrected chi connectivity index (χ0v) is 15.2. The van der Waals surface area contributed by atoms with Crippen LogP contribution in [0.3, 0.4) is 0 Å². The van der Waals surface area contributed by atoms with E-state index in [1.807, 2.05) is 25.1 Å². The largest absolute Gasteiger partial charge is 0.460 e. The Balaban J connectivity index is 1.80. The molecule has 7 heteroatoms. The zero-order valence-electron chi connectivity index (χ0n) is 15.2. The Kier molecular flexibility index (Phi) is 5.46. The standard InChI is InChI=1S/C19H22N4O3/c1-4-25-19(24)17-21-16(15-13(3)23-26-18(15)22-17)20-12(2)10-11-14-8-6-5-7-9-14/h5-9,12H,4,10-11H2,1-3H3,(H,20,21,22)/t12-/m1/s1. The molecule has 0 unspecified atom stereocenters. The number of fused-ring (bicyclic) bond motifs is 1. The topological polar surface area (TPSA) is 90.1 Å². The van der Waals surface area contributed by atoms with Crippen molar-refractivity contribution in [2.45, 2.75) is 39.7 Å². The van der Waals surface area contributed by atoms with Crippen molar-refractivity contribution in [3.63, 3.8) is 0 Å². The molecule has 0 saturated heterocycles. The molecule has 3 aromatic rings. The Bertz CT molecular complexity index is 892. The minimum atomic E-state index is -0.580. The second kappa shape index (κ2) is 7.95. The molecule has 2 aromatic heterocycles. The van der Waals surface area contributed by atoms with E-state index in [0.29, 0.717) is 16.9 Å². The number of carbonyl (C=O) groups is 1. The van der Waals surface area contributed by atoms with Gasteiger partial charge >= 0.3 is 5.97 Å². The van der Waals surface area contributed by atoms with Crippen molar-refractivity contribution < 1.29 is 14.1 Å². The lowest BCUT2D eigenvalue weighted by Gasteiger charge is -2.15. The molecule has 136 valence electrons. The van der Waals surface area contributed by atoms with E-state index in [2.05, 4.69) is 39.5 Å². The molecule has 2 heterocycles. The summed E-state index contributed by atoms with van der Waals surface area (Å²) < 4.78 is 10.2. The number of esters is 1. The maximum atomic E-state index is 12.0. The van der Waals surface area contributed by atoms with Crippen molar-refractivity contribution in [2.24, 2.45) is 0 Å². The zero-order chi connectivity index (χ0) is 18.5. The molecule has 1 N–H and O–H groups in total. The number of carbonyl (C=O) groups excluding carboxylic acids is 1. The number of rotatable bonds is 7. The van der Waals surface area contributed by atoms with Crippen LogP contribution >= 0.6 is 0 Å². The Morgan fingerprint density at radius 2 is 2.04 bits per heavy atom. The first-order chi connectivity index (χ1) is 12.6. The van der Waals surface area contributed by atoms with E-state index in [4.69, 9.17) is 9.26 Å². The monoisotopic (exact) mass is 354 g/mol. The summed E-state index contributed by atoms with van der Waals surface area (Å²) in [6.45, 7) is 5.88. The average molecular weight is 354 g/mol. The molecule has 0 amide bonds. The SMILES string of the molecule is CCOC(=O)c1nc(N[C@H](C)CCc2ccccc2)c2c(C)noc2n1. The van der Waals surface area contributed by atoms with Crippen LogP contribution in [0.15, 0.2) is 34.9 Å². The highest BCUT2D eigenvalue weighted by Gasteiger charge is 2.20. The lowest BCUT2D eigenvalue weighted by atomic mass is 10.1. The van der Waals surface area contributed by atoms with Crippen molar-refractivity contribution >= 4 is 22.9 Å². The van der Waals surface area contributed by atoms with E-state index < -0.39 is 5.97 Å². The lowest BCUT2D eigenvalue weighted by Crippen LogP contribution is -2.19. The number of aromatic nitrogens is 3. The summed E-state index contributed by atoms with van der Waals surface area (Å²) >= 11 is 0. The first kappa shape index (κ1) is 17.8. The fourth-order valence-corrected chi connectivity index (χ4v) is 2.71. The van der Waals surface area contributed by atoms with E-state index in [-0.39, 0.29) is 24.2 Å². The van der Waals surface area contributed by atoms with Gasteiger partial charge in [-0.15, -0.1) is 0 Å². The highest BCUT2D eigenvalue weighted by molar-refractivity contribution is 5.93.